The molecular formula is C11H20N2O. The standard InChI is InChI=1S/C11H20N2O/c1-7-5-4-6-9(7)11(3)8(2)12-13-10(11)14/h7,9-10,13-14H,4-6H2,1-3H3. The molecule has 1 fully saturated rings. The first-order valence-electron chi connectivity index (χ1n) is 5.55. The summed E-state index contributed by atoms with van der Waals surface area (Å²) in [6.45, 7) is 6.46. The number of nitrogens with one attached hydrogen (secondary N) is 1. The number of rotatable bonds is 1. The van der Waals surface area contributed by atoms with Gasteiger partial charge in [0.1, 0.15) is 0 Å². The fourth-order valence-electron chi connectivity index (χ4n) is 3.12. The third-order valence-electron chi connectivity index (χ3n) is 4.33. The average molecular weight is 196 g/mol. The topological polar surface area (TPSA) is 44.6 Å². The summed E-state index contributed by atoms with van der Waals surface area (Å²) >= 11 is 0. The summed E-state index contributed by atoms with van der Waals surface area (Å²) in [5.74, 6) is 1.29. The molecule has 14 heavy (non-hydrogen) atoms. The maximum absolute atomic E-state index is 9.97. The van der Waals surface area contributed by atoms with Gasteiger partial charge in [0.2, 0.25) is 0 Å². The number of hydrogen-bond acceptors (Lipinski definition) is 3. The molecular weight excluding hydrogens is 176 g/mol. The van der Waals surface area contributed by atoms with E-state index in [1.807, 2.05) is 6.92 Å². The van der Waals surface area contributed by atoms with Crippen LogP contribution in [0.25, 0.3) is 0 Å². The monoisotopic (exact) mass is 196 g/mol. The molecule has 1 aliphatic carbocycles. The van der Waals surface area contributed by atoms with Gasteiger partial charge in [-0.2, -0.15) is 5.10 Å². The van der Waals surface area contributed by atoms with Gasteiger partial charge in [0.15, 0.2) is 6.23 Å². The zero-order valence-corrected chi connectivity index (χ0v) is 9.25. The van der Waals surface area contributed by atoms with E-state index in [1.165, 1.54) is 19.3 Å². The lowest BCUT2D eigenvalue weighted by molar-refractivity contribution is 0.0224. The van der Waals surface area contributed by atoms with E-state index in [2.05, 4.69) is 24.4 Å². The van der Waals surface area contributed by atoms with Gasteiger partial charge in [-0.25, -0.2) is 0 Å². The molecule has 0 aromatic rings. The van der Waals surface area contributed by atoms with Gasteiger partial charge < -0.3 is 5.11 Å². The molecule has 80 valence electrons. The molecule has 1 saturated carbocycles. The summed E-state index contributed by atoms with van der Waals surface area (Å²) in [6, 6.07) is 0. The quantitative estimate of drug-likeness (QED) is 0.670. The molecule has 0 aromatic carbocycles. The third kappa shape index (κ3) is 1.18. The zero-order chi connectivity index (χ0) is 10.3. The molecule has 2 aliphatic rings. The molecule has 3 nitrogen and oxygen atoms in total. The molecule has 3 heteroatoms. The predicted molar refractivity (Wildman–Crippen MR) is 56.9 cm³/mol. The lowest BCUT2D eigenvalue weighted by Gasteiger charge is -2.36. The molecule has 4 unspecified atom stereocenters. The molecule has 4 atom stereocenters. The normalized spacial score (nSPS) is 47.7. The number of aliphatic hydroxyl groups is 1. The number of aliphatic hydroxyl groups excluding tert-OH is 1. The van der Waals surface area contributed by atoms with Crippen molar-refractivity contribution in [3.8, 4) is 0 Å². The van der Waals surface area contributed by atoms with Crippen LogP contribution in [0.15, 0.2) is 5.10 Å². The first-order valence-corrected chi connectivity index (χ1v) is 5.55. The Hall–Kier alpha value is -0.570. The second-order valence-corrected chi connectivity index (χ2v) is 5.03. The Morgan fingerprint density at radius 3 is 2.64 bits per heavy atom. The fourth-order valence-corrected chi connectivity index (χ4v) is 3.12. The van der Waals surface area contributed by atoms with Crippen molar-refractivity contribution < 1.29 is 5.11 Å². The fraction of sp³-hybridized carbons (Fsp3) is 0.909. The van der Waals surface area contributed by atoms with Crippen molar-refractivity contribution in [2.45, 2.75) is 46.3 Å². The molecule has 0 amide bonds. The van der Waals surface area contributed by atoms with Crippen LogP contribution in [0.2, 0.25) is 0 Å². The van der Waals surface area contributed by atoms with Gasteiger partial charge in [0.05, 0.1) is 5.41 Å². The largest absolute Gasteiger partial charge is 0.371 e. The molecule has 1 heterocycles. The van der Waals surface area contributed by atoms with Gasteiger partial charge in [-0.3, -0.25) is 5.43 Å². The smallest absolute Gasteiger partial charge is 0.150 e. The van der Waals surface area contributed by atoms with Gasteiger partial charge in [-0.05, 0) is 32.1 Å². The molecule has 0 spiro atoms. The Labute approximate surface area is 85.6 Å². The van der Waals surface area contributed by atoms with Crippen LogP contribution in [-0.4, -0.2) is 17.0 Å². The summed E-state index contributed by atoms with van der Waals surface area (Å²) in [5, 5.41) is 14.1. The van der Waals surface area contributed by atoms with Crippen molar-refractivity contribution in [1.29, 1.82) is 0 Å². The lowest BCUT2D eigenvalue weighted by Crippen LogP contribution is -2.45. The van der Waals surface area contributed by atoms with Crippen molar-refractivity contribution in [3.05, 3.63) is 0 Å². The second-order valence-electron chi connectivity index (χ2n) is 5.03. The first-order chi connectivity index (χ1) is 6.56. The van der Waals surface area contributed by atoms with E-state index in [9.17, 15) is 5.11 Å². The van der Waals surface area contributed by atoms with Gasteiger partial charge in [0, 0.05) is 5.71 Å². The number of hydrogen-bond donors (Lipinski definition) is 2. The first kappa shape index (κ1) is 9.97. The molecule has 0 radical (unpaired) electrons. The summed E-state index contributed by atoms with van der Waals surface area (Å²) < 4.78 is 0. The van der Waals surface area contributed by atoms with Crippen LogP contribution in [0.1, 0.15) is 40.0 Å². The molecule has 1 aliphatic heterocycles. The Bertz CT molecular complexity index is 264. The highest BCUT2D eigenvalue weighted by molar-refractivity contribution is 5.89. The van der Waals surface area contributed by atoms with E-state index >= 15 is 0 Å². The van der Waals surface area contributed by atoms with Crippen LogP contribution >= 0.6 is 0 Å². The van der Waals surface area contributed by atoms with E-state index < -0.39 is 6.23 Å². The third-order valence-corrected chi connectivity index (χ3v) is 4.33. The van der Waals surface area contributed by atoms with Crippen molar-refractivity contribution in [2.24, 2.45) is 22.4 Å². The maximum atomic E-state index is 9.97. The Morgan fingerprint density at radius 1 is 1.50 bits per heavy atom. The number of nitrogens with zero attached hydrogens (tertiary/aromatic N) is 1. The number of hydrazone groups is 1. The van der Waals surface area contributed by atoms with Gasteiger partial charge in [-0.1, -0.05) is 19.8 Å². The Morgan fingerprint density at radius 2 is 2.21 bits per heavy atom. The van der Waals surface area contributed by atoms with E-state index in [0.29, 0.717) is 11.8 Å². The minimum atomic E-state index is -0.493. The van der Waals surface area contributed by atoms with E-state index in [-0.39, 0.29) is 5.41 Å². The lowest BCUT2D eigenvalue weighted by atomic mass is 9.69. The predicted octanol–water partition coefficient (Wildman–Crippen LogP) is 1.73. The molecule has 2 N–H and O–H groups in total. The van der Waals surface area contributed by atoms with E-state index in [0.717, 1.165) is 5.71 Å². The van der Waals surface area contributed by atoms with Gasteiger partial charge in [-0.15, -0.1) is 0 Å². The molecule has 2 rings (SSSR count). The second kappa shape index (κ2) is 3.23. The zero-order valence-electron chi connectivity index (χ0n) is 9.25. The van der Waals surface area contributed by atoms with Crippen LogP contribution < -0.4 is 5.43 Å². The SMILES string of the molecule is CC1=NNC(O)C1(C)C1CCCC1C. The minimum Gasteiger partial charge on any atom is -0.371 e. The highest BCUT2D eigenvalue weighted by Crippen LogP contribution is 2.47. The Balaban J connectivity index is 2.26. The Kier molecular flexibility index (Phi) is 2.30. The van der Waals surface area contributed by atoms with Crippen LogP contribution in [0.5, 0.6) is 0 Å². The van der Waals surface area contributed by atoms with Gasteiger partial charge >= 0.3 is 0 Å². The van der Waals surface area contributed by atoms with Gasteiger partial charge in [0.25, 0.3) is 0 Å². The van der Waals surface area contributed by atoms with Crippen molar-refractivity contribution in [2.75, 3.05) is 0 Å². The molecule has 0 saturated heterocycles. The van der Waals surface area contributed by atoms with Crippen molar-refractivity contribution in [3.63, 3.8) is 0 Å². The van der Waals surface area contributed by atoms with Crippen molar-refractivity contribution in [1.82, 2.24) is 5.43 Å². The highest BCUT2D eigenvalue weighted by atomic mass is 16.3. The highest BCUT2D eigenvalue weighted by Gasteiger charge is 2.49. The van der Waals surface area contributed by atoms with E-state index in [4.69, 9.17) is 0 Å². The summed E-state index contributed by atoms with van der Waals surface area (Å²) in [4.78, 5) is 0. The van der Waals surface area contributed by atoms with Crippen LogP contribution in [0, 0.1) is 17.3 Å². The van der Waals surface area contributed by atoms with Crippen LogP contribution in [0.3, 0.4) is 0 Å². The van der Waals surface area contributed by atoms with E-state index in [1.54, 1.807) is 0 Å². The average Bonchev–Trinajstić information content (AvgIpc) is 2.67. The minimum absolute atomic E-state index is 0.143. The van der Waals surface area contributed by atoms with Crippen LogP contribution in [-0.2, 0) is 0 Å². The molecule has 0 aromatic heterocycles. The van der Waals surface area contributed by atoms with Crippen LogP contribution in [0.4, 0.5) is 0 Å². The summed E-state index contributed by atoms with van der Waals surface area (Å²) in [7, 11) is 0. The maximum Gasteiger partial charge on any atom is 0.150 e. The molecule has 0 bridgehead atoms. The summed E-state index contributed by atoms with van der Waals surface area (Å²) in [5.41, 5.74) is 3.72. The summed E-state index contributed by atoms with van der Waals surface area (Å²) in [6.07, 6.45) is 3.32. The van der Waals surface area contributed by atoms with Crippen molar-refractivity contribution >= 4 is 5.71 Å².